The van der Waals surface area contributed by atoms with Crippen molar-refractivity contribution in [3.8, 4) is 0 Å². The zero-order valence-electron chi connectivity index (χ0n) is 11.3. The molecule has 2 N–H and O–H groups in total. The predicted molar refractivity (Wildman–Crippen MR) is 77.0 cm³/mol. The van der Waals surface area contributed by atoms with Gasteiger partial charge in [0, 0.05) is 12.3 Å². The number of aliphatic carboxylic acids is 1. The van der Waals surface area contributed by atoms with Gasteiger partial charge in [-0.25, -0.2) is 4.39 Å². The summed E-state index contributed by atoms with van der Waals surface area (Å²) < 4.78 is 12.7. The van der Waals surface area contributed by atoms with Crippen molar-refractivity contribution in [1.29, 1.82) is 0 Å². The number of carbonyl (C=O) groups is 2. The van der Waals surface area contributed by atoms with Crippen LogP contribution in [0.25, 0.3) is 0 Å². The molecule has 0 aromatic heterocycles. The first-order valence-corrected chi connectivity index (χ1v) is 7.50. The highest BCUT2D eigenvalue weighted by atomic mass is 32.2. The number of benzene rings is 1. The monoisotopic (exact) mass is 299 g/mol. The first kappa shape index (κ1) is 16.5. The lowest BCUT2D eigenvalue weighted by atomic mass is 10.1. The molecule has 1 aromatic carbocycles. The minimum absolute atomic E-state index is 0.155. The summed E-state index contributed by atoms with van der Waals surface area (Å²) in [6.07, 6.45) is 0.484. The van der Waals surface area contributed by atoms with E-state index in [9.17, 15) is 14.0 Å². The number of halogens is 1. The average Bonchev–Trinajstić information content (AvgIpc) is 2.41. The second kappa shape index (κ2) is 8.58. The number of amides is 1. The molecule has 0 fully saturated rings. The molecule has 6 heteroatoms. The largest absolute Gasteiger partial charge is 0.481 e. The van der Waals surface area contributed by atoms with Gasteiger partial charge in [-0.15, -0.1) is 11.8 Å². The molecule has 0 aliphatic carbocycles. The molecule has 0 spiro atoms. The van der Waals surface area contributed by atoms with Gasteiger partial charge >= 0.3 is 5.97 Å². The summed E-state index contributed by atoms with van der Waals surface area (Å²) in [5, 5.41) is 11.5. The first-order chi connectivity index (χ1) is 9.52. The number of hydrogen-bond acceptors (Lipinski definition) is 3. The van der Waals surface area contributed by atoms with E-state index >= 15 is 0 Å². The normalized spacial score (nSPS) is 11.9. The molecule has 0 aliphatic heterocycles. The molecule has 1 aromatic rings. The summed E-state index contributed by atoms with van der Waals surface area (Å²) in [5.41, 5.74) is 0.946. The molecule has 0 heterocycles. The summed E-state index contributed by atoms with van der Waals surface area (Å²) >= 11 is 1.41. The number of carbonyl (C=O) groups excluding carboxylic acids is 1. The van der Waals surface area contributed by atoms with Gasteiger partial charge in [0.1, 0.15) is 5.82 Å². The Kier molecular flexibility index (Phi) is 7.08. The van der Waals surface area contributed by atoms with Crippen molar-refractivity contribution >= 4 is 23.6 Å². The third-order valence-electron chi connectivity index (χ3n) is 2.80. The van der Waals surface area contributed by atoms with Gasteiger partial charge in [-0.05, 0) is 24.1 Å². The zero-order valence-corrected chi connectivity index (χ0v) is 12.1. The molecule has 4 nitrogen and oxygen atoms in total. The molecule has 1 amide bonds. The number of carboxylic acid groups (broad SMARTS) is 1. The quantitative estimate of drug-likeness (QED) is 0.773. The van der Waals surface area contributed by atoms with Crippen LogP contribution in [0.5, 0.6) is 0 Å². The number of hydrogen-bond donors (Lipinski definition) is 2. The third-order valence-corrected chi connectivity index (χ3v) is 3.81. The summed E-state index contributed by atoms with van der Waals surface area (Å²) in [6.45, 7) is 1.93. The van der Waals surface area contributed by atoms with Gasteiger partial charge in [0.25, 0.3) is 0 Å². The van der Waals surface area contributed by atoms with Gasteiger partial charge in [0.05, 0.1) is 11.7 Å². The standard InChI is InChI=1S/C14H18FNO3S/c1-2-11(14(18)19)7-16-13(17)9-20-8-10-3-5-12(15)6-4-10/h3-6,11H,2,7-9H2,1H3,(H,16,17)(H,18,19). The Morgan fingerprint density at radius 2 is 2.00 bits per heavy atom. The van der Waals surface area contributed by atoms with Crippen LogP contribution in [0.1, 0.15) is 18.9 Å². The van der Waals surface area contributed by atoms with Gasteiger partial charge in [0.2, 0.25) is 5.91 Å². The van der Waals surface area contributed by atoms with Crippen molar-refractivity contribution in [2.24, 2.45) is 5.92 Å². The van der Waals surface area contributed by atoms with Gasteiger partial charge in [-0.1, -0.05) is 19.1 Å². The van der Waals surface area contributed by atoms with E-state index in [1.807, 2.05) is 0 Å². The maximum Gasteiger partial charge on any atom is 0.308 e. The summed E-state index contributed by atoms with van der Waals surface area (Å²) in [5.74, 6) is -1.03. The molecule has 0 radical (unpaired) electrons. The Hall–Kier alpha value is -1.56. The second-order valence-corrected chi connectivity index (χ2v) is 5.35. The molecule has 1 rings (SSSR count). The van der Waals surface area contributed by atoms with Crippen molar-refractivity contribution in [2.75, 3.05) is 12.3 Å². The molecule has 110 valence electrons. The molecule has 1 atom stereocenters. The summed E-state index contributed by atoms with van der Waals surface area (Å²) in [6, 6.07) is 6.12. The lowest BCUT2D eigenvalue weighted by Crippen LogP contribution is -2.33. The van der Waals surface area contributed by atoms with Crippen LogP contribution >= 0.6 is 11.8 Å². The van der Waals surface area contributed by atoms with E-state index in [1.54, 1.807) is 19.1 Å². The fraction of sp³-hybridized carbons (Fsp3) is 0.429. The first-order valence-electron chi connectivity index (χ1n) is 6.34. The maximum atomic E-state index is 12.7. The van der Waals surface area contributed by atoms with Crippen LogP contribution in [0.15, 0.2) is 24.3 Å². The Morgan fingerprint density at radius 1 is 1.35 bits per heavy atom. The van der Waals surface area contributed by atoms with E-state index in [0.29, 0.717) is 12.2 Å². The number of rotatable bonds is 8. The lowest BCUT2D eigenvalue weighted by molar-refractivity contribution is -0.141. The van der Waals surface area contributed by atoms with Crippen LogP contribution in [0.2, 0.25) is 0 Å². The Bertz CT molecular complexity index is 450. The highest BCUT2D eigenvalue weighted by Gasteiger charge is 2.15. The SMILES string of the molecule is CCC(CNC(=O)CSCc1ccc(F)cc1)C(=O)O. The smallest absolute Gasteiger partial charge is 0.308 e. The van der Waals surface area contributed by atoms with Crippen molar-refractivity contribution < 1.29 is 19.1 Å². The molecule has 20 heavy (non-hydrogen) atoms. The average molecular weight is 299 g/mol. The maximum absolute atomic E-state index is 12.7. The van der Waals surface area contributed by atoms with Crippen molar-refractivity contribution in [3.63, 3.8) is 0 Å². The number of carboxylic acids is 1. The summed E-state index contributed by atoms with van der Waals surface area (Å²) in [7, 11) is 0. The van der Waals surface area contributed by atoms with Crippen molar-refractivity contribution in [2.45, 2.75) is 19.1 Å². The topological polar surface area (TPSA) is 66.4 Å². The molecular weight excluding hydrogens is 281 g/mol. The van der Waals surface area contributed by atoms with Crippen LogP contribution in [-0.4, -0.2) is 29.3 Å². The van der Waals surface area contributed by atoms with Crippen molar-refractivity contribution in [3.05, 3.63) is 35.6 Å². The number of nitrogens with one attached hydrogen (secondary N) is 1. The van der Waals surface area contributed by atoms with Crippen molar-refractivity contribution in [1.82, 2.24) is 5.32 Å². The Morgan fingerprint density at radius 3 is 2.55 bits per heavy atom. The molecule has 0 saturated carbocycles. The predicted octanol–water partition coefficient (Wildman–Crippen LogP) is 2.29. The Balaban J connectivity index is 2.23. The minimum atomic E-state index is -0.897. The molecule has 0 aliphatic rings. The fourth-order valence-electron chi connectivity index (χ4n) is 1.54. The van der Waals surface area contributed by atoms with Gasteiger partial charge < -0.3 is 10.4 Å². The fourth-order valence-corrected chi connectivity index (χ4v) is 2.35. The van der Waals surface area contributed by atoms with E-state index in [1.165, 1.54) is 23.9 Å². The Labute approximate surface area is 121 Å². The van der Waals surface area contributed by atoms with Crippen LogP contribution in [0.3, 0.4) is 0 Å². The lowest BCUT2D eigenvalue weighted by Gasteiger charge is -2.10. The van der Waals surface area contributed by atoms with E-state index in [2.05, 4.69) is 5.32 Å². The van der Waals surface area contributed by atoms with Crippen LogP contribution in [-0.2, 0) is 15.3 Å². The van der Waals surface area contributed by atoms with Crippen LogP contribution in [0, 0.1) is 11.7 Å². The third kappa shape index (κ3) is 6.06. The van der Waals surface area contributed by atoms with E-state index < -0.39 is 11.9 Å². The molecular formula is C14H18FNO3S. The zero-order chi connectivity index (χ0) is 15.0. The van der Waals surface area contributed by atoms with E-state index in [4.69, 9.17) is 5.11 Å². The van der Waals surface area contributed by atoms with Gasteiger partial charge in [0.15, 0.2) is 0 Å². The molecule has 1 unspecified atom stereocenters. The highest BCUT2D eigenvalue weighted by molar-refractivity contribution is 7.99. The highest BCUT2D eigenvalue weighted by Crippen LogP contribution is 2.12. The molecule has 0 saturated heterocycles. The van der Waals surface area contributed by atoms with E-state index in [0.717, 1.165) is 5.56 Å². The van der Waals surface area contributed by atoms with Crippen LogP contribution < -0.4 is 5.32 Å². The molecule has 0 bridgehead atoms. The second-order valence-electron chi connectivity index (χ2n) is 4.37. The van der Waals surface area contributed by atoms with Gasteiger partial charge in [-0.2, -0.15) is 0 Å². The number of thioether (sulfide) groups is 1. The van der Waals surface area contributed by atoms with E-state index in [-0.39, 0.29) is 24.0 Å². The van der Waals surface area contributed by atoms with Gasteiger partial charge in [-0.3, -0.25) is 9.59 Å². The minimum Gasteiger partial charge on any atom is -0.481 e. The van der Waals surface area contributed by atoms with Crippen LogP contribution in [0.4, 0.5) is 4.39 Å². The summed E-state index contributed by atoms with van der Waals surface area (Å²) in [4.78, 5) is 22.3.